The average molecular weight is 173 g/mol. The molecular formula is C9H19NO2. The molecule has 12 heavy (non-hydrogen) atoms. The first-order valence-electron chi connectivity index (χ1n) is 4.42. The van der Waals surface area contributed by atoms with E-state index in [0.717, 1.165) is 13.0 Å². The van der Waals surface area contributed by atoms with Crippen molar-refractivity contribution in [2.75, 3.05) is 13.6 Å². The Labute approximate surface area is 74.4 Å². The van der Waals surface area contributed by atoms with Crippen molar-refractivity contribution in [2.24, 2.45) is 5.92 Å². The van der Waals surface area contributed by atoms with Crippen molar-refractivity contribution in [3.63, 3.8) is 0 Å². The van der Waals surface area contributed by atoms with E-state index in [-0.39, 0.29) is 6.04 Å². The molecule has 3 nitrogen and oxygen atoms in total. The molecule has 0 aromatic heterocycles. The van der Waals surface area contributed by atoms with Crippen molar-refractivity contribution in [2.45, 2.75) is 33.2 Å². The maximum atomic E-state index is 10.6. The van der Waals surface area contributed by atoms with Crippen LogP contribution >= 0.6 is 0 Å². The van der Waals surface area contributed by atoms with Crippen LogP contribution in [0.15, 0.2) is 0 Å². The van der Waals surface area contributed by atoms with E-state index in [1.54, 1.807) is 6.92 Å². The summed E-state index contributed by atoms with van der Waals surface area (Å²) in [5.41, 5.74) is 0. The molecule has 0 aliphatic carbocycles. The van der Waals surface area contributed by atoms with Crippen LogP contribution in [0.4, 0.5) is 0 Å². The van der Waals surface area contributed by atoms with Crippen LogP contribution in [0.5, 0.6) is 0 Å². The molecule has 0 saturated carbocycles. The monoisotopic (exact) mass is 173 g/mol. The molecule has 0 rings (SSSR count). The molecule has 0 amide bonds. The zero-order valence-electron chi connectivity index (χ0n) is 8.37. The van der Waals surface area contributed by atoms with Crippen LogP contribution in [-0.2, 0) is 4.79 Å². The Bertz CT molecular complexity index is 147. The normalized spacial score (nSPS) is 16.1. The number of carboxylic acids is 1. The third-order valence-electron chi connectivity index (χ3n) is 2.32. The van der Waals surface area contributed by atoms with Crippen LogP contribution in [0, 0.1) is 5.92 Å². The molecule has 72 valence electrons. The molecule has 0 heterocycles. The summed E-state index contributed by atoms with van der Waals surface area (Å²) in [6, 6.07) is -0.376. The molecule has 0 aromatic carbocycles. The first kappa shape index (κ1) is 11.4. The lowest BCUT2D eigenvalue weighted by atomic mass is 10.1. The Kier molecular flexibility index (Phi) is 4.90. The largest absolute Gasteiger partial charge is 0.480 e. The molecule has 2 unspecified atom stereocenters. The fraction of sp³-hybridized carbons (Fsp3) is 0.889. The SMILES string of the molecule is CCC(C)CN(C)C(C)C(=O)O. The second-order valence-electron chi connectivity index (χ2n) is 3.47. The van der Waals surface area contributed by atoms with Gasteiger partial charge in [-0.2, -0.15) is 0 Å². The lowest BCUT2D eigenvalue weighted by molar-refractivity contribution is -0.142. The van der Waals surface area contributed by atoms with Crippen molar-refractivity contribution in [1.82, 2.24) is 4.90 Å². The van der Waals surface area contributed by atoms with E-state index in [4.69, 9.17) is 5.11 Å². The lowest BCUT2D eigenvalue weighted by Crippen LogP contribution is -2.38. The van der Waals surface area contributed by atoms with E-state index < -0.39 is 5.97 Å². The van der Waals surface area contributed by atoms with Crippen LogP contribution in [-0.4, -0.2) is 35.6 Å². The zero-order chi connectivity index (χ0) is 9.72. The Balaban J connectivity index is 3.86. The maximum Gasteiger partial charge on any atom is 0.320 e. The average Bonchev–Trinajstić information content (AvgIpc) is 2.02. The van der Waals surface area contributed by atoms with Crippen LogP contribution in [0.1, 0.15) is 27.2 Å². The molecule has 3 heteroatoms. The highest BCUT2D eigenvalue weighted by Gasteiger charge is 2.17. The molecule has 0 saturated heterocycles. The van der Waals surface area contributed by atoms with Crippen molar-refractivity contribution in [3.8, 4) is 0 Å². The highest BCUT2D eigenvalue weighted by Crippen LogP contribution is 2.05. The summed E-state index contributed by atoms with van der Waals surface area (Å²) >= 11 is 0. The summed E-state index contributed by atoms with van der Waals surface area (Å²) in [6.07, 6.45) is 1.09. The van der Waals surface area contributed by atoms with Gasteiger partial charge in [-0.3, -0.25) is 9.69 Å². The Hall–Kier alpha value is -0.570. The Morgan fingerprint density at radius 2 is 2.00 bits per heavy atom. The quantitative estimate of drug-likeness (QED) is 0.684. The Morgan fingerprint density at radius 1 is 1.50 bits per heavy atom. The van der Waals surface area contributed by atoms with Gasteiger partial charge in [0, 0.05) is 6.54 Å². The van der Waals surface area contributed by atoms with Crippen LogP contribution < -0.4 is 0 Å². The van der Waals surface area contributed by atoms with Gasteiger partial charge in [0.2, 0.25) is 0 Å². The summed E-state index contributed by atoms with van der Waals surface area (Å²) in [6.45, 7) is 6.81. The number of nitrogens with zero attached hydrogens (tertiary/aromatic N) is 1. The molecule has 0 spiro atoms. The number of aliphatic carboxylic acids is 1. The zero-order valence-corrected chi connectivity index (χ0v) is 8.37. The van der Waals surface area contributed by atoms with E-state index in [0.29, 0.717) is 5.92 Å². The summed E-state index contributed by atoms with van der Waals surface area (Å²) in [5, 5.41) is 8.70. The van der Waals surface area contributed by atoms with Crippen molar-refractivity contribution >= 4 is 5.97 Å². The maximum absolute atomic E-state index is 10.6. The lowest BCUT2D eigenvalue weighted by Gasteiger charge is -2.23. The topological polar surface area (TPSA) is 40.5 Å². The molecule has 2 atom stereocenters. The van der Waals surface area contributed by atoms with Gasteiger partial charge >= 0.3 is 5.97 Å². The van der Waals surface area contributed by atoms with E-state index >= 15 is 0 Å². The predicted octanol–water partition coefficient (Wildman–Crippen LogP) is 1.44. The molecule has 0 radical (unpaired) electrons. The third-order valence-corrected chi connectivity index (χ3v) is 2.32. The highest BCUT2D eigenvalue weighted by atomic mass is 16.4. The van der Waals surface area contributed by atoms with Gasteiger partial charge in [-0.1, -0.05) is 20.3 Å². The molecule has 0 bridgehead atoms. The third kappa shape index (κ3) is 3.72. The van der Waals surface area contributed by atoms with E-state index in [9.17, 15) is 4.79 Å². The molecular weight excluding hydrogens is 154 g/mol. The summed E-state index contributed by atoms with van der Waals surface area (Å²) in [7, 11) is 1.85. The minimum absolute atomic E-state index is 0.376. The second-order valence-corrected chi connectivity index (χ2v) is 3.47. The van der Waals surface area contributed by atoms with Gasteiger partial charge in [0.1, 0.15) is 6.04 Å². The fourth-order valence-corrected chi connectivity index (χ4v) is 0.967. The first-order valence-corrected chi connectivity index (χ1v) is 4.42. The van der Waals surface area contributed by atoms with Crippen LogP contribution in [0.25, 0.3) is 0 Å². The fourth-order valence-electron chi connectivity index (χ4n) is 0.967. The molecule has 0 aromatic rings. The van der Waals surface area contributed by atoms with Gasteiger partial charge in [-0.05, 0) is 19.9 Å². The van der Waals surface area contributed by atoms with Crippen molar-refractivity contribution in [1.29, 1.82) is 0 Å². The highest BCUT2D eigenvalue weighted by molar-refractivity contribution is 5.72. The van der Waals surface area contributed by atoms with Gasteiger partial charge in [0.05, 0.1) is 0 Å². The number of hydrogen-bond acceptors (Lipinski definition) is 2. The molecule has 0 aliphatic heterocycles. The predicted molar refractivity (Wildman–Crippen MR) is 49.2 cm³/mol. The van der Waals surface area contributed by atoms with E-state index in [1.807, 2.05) is 11.9 Å². The Morgan fingerprint density at radius 3 is 2.33 bits per heavy atom. The van der Waals surface area contributed by atoms with Gasteiger partial charge in [0.25, 0.3) is 0 Å². The molecule has 0 aliphatic rings. The van der Waals surface area contributed by atoms with Crippen molar-refractivity contribution in [3.05, 3.63) is 0 Å². The number of rotatable bonds is 5. The molecule has 1 N–H and O–H groups in total. The second kappa shape index (κ2) is 5.14. The van der Waals surface area contributed by atoms with Gasteiger partial charge < -0.3 is 5.11 Å². The summed E-state index contributed by atoms with van der Waals surface area (Å²) in [4.78, 5) is 12.4. The van der Waals surface area contributed by atoms with Crippen molar-refractivity contribution < 1.29 is 9.90 Å². The minimum atomic E-state index is -0.749. The van der Waals surface area contributed by atoms with E-state index in [1.165, 1.54) is 0 Å². The standard InChI is InChI=1S/C9H19NO2/c1-5-7(2)6-10(4)8(3)9(11)12/h7-8H,5-6H2,1-4H3,(H,11,12). The van der Waals surface area contributed by atoms with E-state index in [2.05, 4.69) is 13.8 Å². The number of hydrogen-bond donors (Lipinski definition) is 1. The van der Waals surface area contributed by atoms with Gasteiger partial charge in [-0.25, -0.2) is 0 Å². The molecule has 0 fully saturated rings. The number of carbonyl (C=O) groups is 1. The number of carboxylic acid groups (broad SMARTS) is 1. The summed E-state index contributed by atoms with van der Waals surface area (Å²) in [5.74, 6) is -0.183. The summed E-state index contributed by atoms with van der Waals surface area (Å²) < 4.78 is 0. The smallest absolute Gasteiger partial charge is 0.320 e. The van der Waals surface area contributed by atoms with Crippen LogP contribution in [0.3, 0.4) is 0 Å². The van der Waals surface area contributed by atoms with Gasteiger partial charge in [-0.15, -0.1) is 0 Å². The van der Waals surface area contributed by atoms with Gasteiger partial charge in [0.15, 0.2) is 0 Å². The minimum Gasteiger partial charge on any atom is -0.480 e. The first-order chi connectivity index (χ1) is 5.49. The van der Waals surface area contributed by atoms with Crippen LogP contribution in [0.2, 0.25) is 0 Å². The number of likely N-dealkylation sites (N-methyl/N-ethyl adjacent to an activating group) is 1.